The molecule has 0 unspecified atom stereocenters. The third-order valence-corrected chi connectivity index (χ3v) is 4.11. The first-order valence-corrected chi connectivity index (χ1v) is 6.73. The SMILES string of the molecule is CCOCC1=CS(=O)(=O)c2ccc(C)cc21. The summed E-state index contributed by atoms with van der Waals surface area (Å²) in [6, 6.07) is 5.37. The topological polar surface area (TPSA) is 43.4 Å². The van der Waals surface area contributed by atoms with E-state index in [0.717, 1.165) is 16.7 Å². The van der Waals surface area contributed by atoms with Crippen molar-refractivity contribution in [3.63, 3.8) is 0 Å². The molecule has 86 valence electrons. The minimum atomic E-state index is -3.24. The number of rotatable bonds is 3. The lowest BCUT2D eigenvalue weighted by Gasteiger charge is -2.05. The van der Waals surface area contributed by atoms with Gasteiger partial charge in [-0.1, -0.05) is 17.7 Å². The van der Waals surface area contributed by atoms with Gasteiger partial charge in [0, 0.05) is 12.0 Å². The molecule has 16 heavy (non-hydrogen) atoms. The maximum atomic E-state index is 11.8. The van der Waals surface area contributed by atoms with E-state index in [2.05, 4.69) is 0 Å². The highest BCUT2D eigenvalue weighted by molar-refractivity contribution is 7.95. The summed E-state index contributed by atoms with van der Waals surface area (Å²) in [4.78, 5) is 0.396. The largest absolute Gasteiger partial charge is 0.377 e. The summed E-state index contributed by atoms with van der Waals surface area (Å²) >= 11 is 0. The Bertz CT molecular complexity index is 541. The second kappa shape index (κ2) is 4.03. The van der Waals surface area contributed by atoms with Crippen molar-refractivity contribution in [1.82, 2.24) is 0 Å². The van der Waals surface area contributed by atoms with E-state index >= 15 is 0 Å². The third kappa shape index (κ3) is 1.90. The highest BCUT2D eigenvalue weighted by atomic mass is 32.2. The van der Waals surface area contributed by atoms with Crippen molar-refractivity contribution in [1.29, 1.82) is 0 Å². The van der Waals surface area contributed by atoms with Crippen LogP contribution in [0.1, 0.15) is 18.1 Å². The first-order valence-electron chi connectivity index (χ1n) is 5.19. The molecule has 0 spiro atoms. The summed E-state index contributed by atoms with van der Waals surface area (Å²) in [7, 11) is -3.24. The van der Waals surface area contributed by atoms with Crippen LogP contribution in [0.5, 0.6) is 0 Å². The zero-order valence-corrected chi connectivity index (χ0v) is 10.2. The molecule has 0 aromatic heterocycles. The van der Waals surface area contributed by atoms with E-state index in [1.807, 2.05) is 26.0 Å². The molecule has 0 bridgehead atoms. The minimum Gasteiger partial charge on any atom is -0.377 e. The van der Waals surface area contributed by atoms with Gasteiger partial charge in [-0.05, 0) is 31.1 Å². The quantitative estimate of drug-likeness (QED) is 0.810. The lowest BCUT2D eigenvalue weighted by molar-refractivity contribution is 0.182. The number of benzene rings is 1. The van der Waals surface area contributed by atoms with Crippen LogP contribution in [0.2, 0.25) is 0 Å². The van der Waals surface area contributed by atoms with Crippen LogP contribution < -0.4 is 0 Å². The Labute approximate surface area is 95.7 Å². The lowest BCUT2D eigenvalue weighted by atomic mass is 10.1. The molecule has 0 atom stereocenters. The monoisotopic (exact) mass is 238 g/mol. The first-order chi connectivity index (χ1) is 7.54. The predicted molar refractivity (Wildman–Crippen MR) is 62.8 cm³/mol. The van der Waals surface area contributed by atoms with Gasteiger partial charge in [-0.25, -0.2) is 8.42 Å². The standard InChI is InChI=1S/C12H14O3S/c1-3-15-7-10-8-16(13,14)12-5-4-9(2)6-11(10)12/h4-6,8H,3,7H2,1-2H3. The summed E-state index contributed by atoms with van der Waals surface area (Å²) in [5.74, 6) is 0. The predicted octanol–water partition coefficient (Wildman–Crippen LogP) is 2.16. The van der Waals surface area contributed by atoms with Crippen LogP contribution in [0.4, 0.5) is 0 Å². The molecule has 1 aromatic rings. The summed E-state index contributed by atoms with van der Waals surface area (Å²) in [5, 5.41) is 1.31. The molecule has 1 aliphatic heterocycles. The van der Waals surface area contributed by atoms with Gasteiger partial charge in [0.25, 0.3) is 0 Å². The van der Waals surface area contributed by atoms with Crippen LogP contribution in [-0.4, -0.2) is 21.6 Å². The van der Waals surface area contributed by atoms with Gasteiger partial charge in [-0.3, -0.25) is 0 Å². The zero-order valence-electron chi connectivity index (χ0n) is 9.36. The molecule has 0 fully saturated rings. The molecule has 0 saturated carbocycles. The van der Waals surface area contributed by atoms with Crippen molar-refractivity contribution in [2.45, 2.75) is 18.7 Å². The molecular formula is C12H14O3S. The molecule has 2 rings (SSSR count). The summed E-state index contributed by atoms with van der Waals surface area (Å²) in [5.41, 5.74) is 2.59. The minimum absolute atomic E-state index is 0.353. The van der Waals surface area contributed by atoms with Gasteiger partial charge in [0.05, 0.1) is 11.5 Å². The molecule has 0 saturated heterocycles. The fraction of sp³-hybridized carbons (Fsp3) is 0.333. The van der Waals surface area contributed by atoms with Crippen LogP contribution in [0.15, 0.2) is 28.5 Å². The molecule has 0 amide bonds. The normalized spacial score (nSPS) is 17.0. The number of fused-ring (bicyclic) bond motifs is 1. The highest BCUT2D eigenvalue weighted by Gasteiger charge is 2.26. The second-order valence-corrected chi connectivity index (χ2v) is 5.59. The van der Waals surface area contributed by atoms with Crippen LogP contribution in [-0.2, 0) is 14.6 Å². The van der Waals surface area contributed by atoms with Crippen molar-refractivity contribution in [2.75, 3.05) is 13.2 Å². The average Bonchev–Trinajstić information content (AvgIpc) is 2.47. The Hall–Kier alpha value is -1.13. The lowest BCUT2D eigenvalue weighted by Crippen LogP contribution is -1.96. The van der Waals surface area contributed by atoms with Gasteiger partial charge in [0.1, 0.15) is 0 Å². The summed E-state index contributed by atoms with van der Waals surface area (Å²) in [6.45, 7) is 4.77. The van der Waals surface area contributed by atoms with E-state index < -0.39 is 9.84 Å². The molecule has 0 aliphatic carbocycles. The molecule has 4 heteroatoms. The van der Waals surface area contributed by atoms with Gasteiger partial charge in [0.15, 0.2) is 0 Å². The summed E-state index contributed by atoms with van der Waals surface area (Å²) < 4.78 is 28.9. The van der Waals surface area contributed by atoms with Crippen LogP contribution >= 0.6 is 0 Å². The smallest absolute Gasteiger partial charge is 0.200 e. The number of ether oxygens (including phenoxy) is 1. The number of sulfone groups is 1. The third-order valence-electron chi connectivity index (χ3n) is 2.55. The maximum absolute atomic E-state index is 11.8. The summed E-state index contributed by atoms with van der Waals surface area (Å²) in [6.07, 6.45) is 0. The molecule has 1 aromatic carbocycles. The second-order valence-electron chi connectivity index (χ2n) is 3.82. The molecule has 1 aliphatic rings. The Morgan fingerprint density at radius 1 is 1.31 bits per heavy atom. The number of hydrogen-bond donors (Lipinski definition) is 0. The number of hydrogen-bond acceptors (Lipinski definition) is 3. The number of aryl methyl sites for hydroxylation is 1. The molecular weight excluding hydrogens is 224 g/mol. The van der Waals surface area contributed by atoms with Gasteiger partial charge >= 0.3 is 0 Å². The van der Waals surface area contributed by atoms with Gasteiger partial charge in [-0.15, -0.1) is 0 Å². The van der Waals surface area contributed by atoms with Crippen molar-refractivity contribution in [2.24, 2.45) is 0 Å². The van der Waals surface area contributed by atoms with E-state index in [4.69, 9.17) is 4.74 Å². The Kier molecular flexibility index (Phi) is 2.86. The Morgan fingerprint density at radius 3 is 2.75 bits per heavy atom. The van der Waals surface area contributed by atoms with Crippen LogP contribution in [0.3, 0.4) is 0 Å². The fourth-order valence-corrected chi connectivity index (χ4v) is 3.23. The van der Waals surface area contributed by atoms with Crippen molar-refractivity contribution in [3.8, 4) is 0 Å². The van der Waals surface area contributed by atoms with E-state index in [1.54, 1.807) is 6.07 Å². The zero-order chi connectivity index (χ0) is 11.8. The van der Waals surface area contributed by atoms with Crippen molar-refractivity contribution in [3.05, 3.63) is 34.7 Å². The molecule has 1 heterocycles. The molecule has 3 nitrogen and oxygen atoms in total. The molecule has 0 N–H and O–H groups in total. The van der Waals surface area contributed by atoms with E-state index in [0.29, 0.717) is 18.1 Å². The van der Waals surface area contributed by atoms with Gasteiger partial charge < -0.3 is 4.74 Å². The van der Waals surface area contributed by atoms with Crippen LogP contribution in [0, 0.1) is 6.92 Å². The Morgan fingerprint density at radius 2 is 2.06 bits per heavy atom. The van der Waals surface area contributed by atoms with Gasteiger partial charge in [-0.2, -0.15) is 0 Å². The van der Waals surface area contributed by atoms with E-state index in [1.165, 1.54) is 5.41 Å². The Balaban J connectivity index is 2.49. The van der Waals surface area contributed by atoms with Crippen LogP contribution in [0.25, 0.3) is 5.57 Å². The highest BCUT2D eigenvalue weighted by Crippen LogP contribution is 2.33. The van der Waals surface area contributed by atoms with E-state index in [-0.39, 0.29) is 0 Å². The maximum Gasteiger partial charge on any atom is 0.200 e. The first kappa shape index (κ1) is 11.4. The van der Waals surface area contributed by atoms with Gasteiger partial charge in [0.2, 0.25) is 9.84 Å². The fourth-order valence-electron chi connectivity index (χ4n) is 1.78. The van der Waals surface area contributed by atoms with Crippen molar-refractivity contribution >= 4 is 15.4 Å². The van der Waals surface area contributed by atoms with Crippen molar-refractivity contribution < 1.29 is 13.2 Å². The average molecular weight is 238 g/mol. The molecule has 0 radical (unpaired) electrons. The van der Waals surface area contributed by atoms with E-state index in [9.17, 15) is 8.42 Å².